The van der Waals surface area contributed by atoms with Crippen LogP contribution in [0.3, 0.4) is 0 Å². The van der Waals surface area contributed by atoms with E-state index in [9.17, 15) is 9.90 Å². The van der Waals surface area contributed by atoms with Crippen molar-refractivity contribution in [2.45, 2.75) is 0 Å². The lowest BCUT2D eigenvalue weighted by Gasteiger charge is -2.06. The molecule has 2 nitrogen and oxygen atoms in total. The Morgan fingerprint density at radius 2 is 1.82 bits per heavy atom. The van der Waals surface area contributed by atoms with Crippen molar-refractivity contribution in [3.05, 3.63) is 63.1 Å². The number of phenols is 1. The topological polar surface area (TPSA) is 37.3 Å². The molecule has 0 heterocycles. The summed E-state index contributed by atoms with van der Waals surface area (Å²) in [6.45, 7) is 0. The molecule has 2 rings (SSSR count). The maximum absolute atomic E-state index is 12.1. The maximum Gasteiger partial charge on any atom is 0.196 e. The Morgan fingerprint density at radius 3 is 2.47 bits per heavy atom. The molecule has 0 amide bonds. The van der Waals surface area contributed by atoms with Crippen molar-refractivity contribution in [2.75, 3.05) is 0 Å². The van der Waals surface area contributed by atoms with E-state index in [1.54, 1.807) is 36.4 Å². The first-order chi connectivity index (χ1) is 8.09. The second-order valence-corrected chi connectivity index (χ2v) is 4.80. The van der Waals surface area contributed by atoms with E-state index in [2.05, 4.69) is 15.9 Å². The van der Waals surface area contributed by atoms with Crippen molar-refractivity contribution in [3.8, 4) is 5.75 Å². The van der Waals surface area contributed by atoms with Gasteiger partial charge in [-0.15, -0.1) is 0 Å². The smallest absolute Gasteiger partial charge is 0.196 e. The molecule has 0 spiro atoms. The number of rotatable bonds is 2. The number of aromatic hydroxyl groups is 1. The Labute approximate surface area is 112 Å². The van der Waals surface area contributed by atoms with E-state index in [0.717, 1.165) is 0 Å². The number of phenolic OH excluding ortho intramolecular Hbond substituents is 1. The average molecular weight is 312 g/mol. The van der Waals surface area contributed by atoms with Crippen molar-refractivity contribution in [3.63, 3.8) is 0 Å². The van der Waals surface area contributed by atoms with Crippen LogP contribution in [0, 0.1) is 0 Å². The lowest BCUT2D eigenvalue weighted by atomic mass is 10.0. The first-order valence-corrected chi connectivity index (χ1v) is 6.04. The van der Waals surface area contributed by atoms with Crippen LogP contribution in [0.25, 0.3) is 0 Å². The summed E-state index contributed by atoms with van der Waals surface area (Å²) < 4.78 is 0.652. The second-order valence-electron chi connectivity index (χ2n) is 3.48. The van der Waals surface area contributed by atoms with E-state index in [-0.39, 0.29) is 22.1 Å². The van der Waals surface area contributed by atoms with Crippen LogP contribution in [0.4, 0.5) is 0 Å². The van der Waals surface area contributed by atoms with Crippen molar-refractivity contribution in [1.82, 2.24) is 0 Å². The third-order valence-electron chi connectivity index (χ3n) is 2.31. The molecule has 0 unspecified atom stereocenters. The van der Waals surface area contributed by atoms with Gasteiger partial charge in [0.15, 0.2) is 5.78 Å². The Hall–Kier alpha value is -1.32. The molecule has 0 aliphatic rings. The molecule has 0 saturated carbocycles. The molecule has 0 radical (unpaired) electrons. The lowest BCUT2D eigenvalue weighted by molar-refractivity contribution is 0.103. The summed E-state index contributed by atoms with van der Waals surface area (Å²) in [6, 6.07) is 11.8. The standard InChI is InChI=1S/C13H8BrClO2/c14-9-6-10(13(17)11(15)7-9)12(16)8-4-2-1-3-5-8/h1-7,17H. The van der Waals surface area contributed by atoms with Crippen molar-refractivity contribution in [1.29, 1.82) is 0 Å². The van der Waals surface area contributed by atoms with Gasteiger partial charge < -0.3 is 5.11 Å². The molecule has 0 atom stereocenters. The number of benzene rings is 2. The molecule has 0 aromatic heterocycles. The van der Waals surface area contributed by atoms with Gasteiger partial charge >= 0.3 is 0 Å². The van der Waals surface area contributed by atoms with Crippen LogP contribution in [-0.2, 0) is 0 Å². The first kappa shape index (κ1) is 12.1. The van der Waals surface area contributed by atoms with Crippen LogP contribution >= 0.6 is 27.5 Å². The molecule has 0 saturated heterocycles. The van der Waals surface area contributed by atoms with E-state index in [1.807, 2.05) is 6.07 Å². The Morgan fingerprint density at radius 1 is 1.18 bits per heavy atom. The summed E-state index contributed by atoms with van der Waals surface area (Å²) >= 11 is 9.06. The number of halogens is 2. The van der Waals surface area contributed by atoms with Gasteiger partial charge in [0.2, 0.25) is 0 Å². The highest BCUT2D eigenvalue weighted by atomic mass is 79.9. The van der Waals surface area contributed by atoms with Gasteiger partial charge in [0.25, 0.3) is 0 Å². The highest BCUT2D eigenvalue weighted by molar-refractivity contribution is 9.10. The molecule has 2 aromatic rings. The highest BCUT2D eigenvalue weighted by Gasteiger charge is 2.16. The van der Waals surface area contributed by atoms with Gasteiger partial charge in [-0.1, -0.05) is 57.9 Å². The number of hydrogen-bond acceptors (Lipinski definition) is 2. The van der Waals surface area contributed by atoms with E-state index < -0.39 is 0 Å². The molecule has 0 bridgehead atoms. The number of carbonyl (C=O) groups is 1. The quantitative estimate of drug-likeness (QED) is 0.850. The molecule has 0 aliphatic heterocycles. The zero-order valence-corrected chi connectivity index (χ0v) is 11.0. The predicted molar refractivity (Wildman–Crippen MR) is 70.7 cm³/mol. The number of ketones is 1. The predicted octanol–water partition coefficient (Wildman–Crippen LogP) is 4.04. The van der Waals surface area contributed by atoms with Crippen molar-refractivity contribution in [2.24, 2.45) is 0 Å². The third-order valence-corrected chi connectivity index (χ3v) is 3.05. The van der Waals surface area contributed by atoms with Crippen LogP contribution in [-0.4, -0.2) is 10.9 Å². The molecular weight excluding hydrogens is 303 g/mol. The minimum atomic E-state index is -0.258. The summed E-state index contributed by atoms with van der Waals surface area (Å²) in [5.41, 5.74) is 0.701. The normalized spacial score (nSPS) is 10.2. The fourth-order valence-electron chi connectivity index (χ4n) is 1.48. The van der Waals surface area contributed by atoms with Gasteiger partial charge in [0.05, 0.1) is 10.6 Å². The summed E-state index contributed by atoms with van der Waals surface area (Å²) in [5, 5.41) is 9.93. The van der Waals surface area contributed by atoms with Gasteiger partial charge in [-0.05, 0) is 12.1 Å². The summed E-state index contributed by atoms with van der Waals surface area (Å²) in [6.07, 6.45) is 0. The van der Waals surface area contributed by atoms with Crippen LogP contribution in [0.15, 0.2) is 46.9 Å². The van der Waals surface area contributed by atoms with E-state index >= 15 is 0 Å². The largest absolute Gasteiger partial charge is 0.506 e. The molecule has 17 heavy (non-hydrogen) atoms. The van der Waals surface area contributed by atoms with Crippen LogP contribution in [0.2, 0.25) is 5.02 Å². The van der Waals surface area contributed by atoms with Gasteiger partial charge in [-0.3, -0.25) is 4.79 Å². The molecule has 2 aromatic carbocycles. The van der Waals surface area contributed by atoms with Crippen molar-refractivity contribution >= 4 is 33.3 Å². The van der Waals surface area contributed by atoms with Crippen molar-refractivity contribution < 1.29 is 9.90 Å². The van der Waals surface area contributed by atoms with Gasteiger partial charge in [0.1, 0.15) is 5.75 Å². The summed E-state index contributed by atoms with van der Waals surface area (Å²) in [4.78, 5) is 12.1. The van der Waals surface area contributed by atoms with Gasteiger partial charge in [0, 0.05) is 10.0 Å². The van der Waals surface area contributed by atoms with Crippen LogP contribution in [0.5, 0.6) is 5.75 Å². The Kier molecular flexibility index (Phi) is 3.50. The number of carbonyl (C=O) groups excluding carboxylic acids is 1. The highest BCUT2D eigenvalue weighted by Crippen LogP contribution is 2.32. The molecule has 4 heteroatoms. The fraction of sp³-hybridized carbons (Fsp3) is 0. The SMILES string of the molecule is O=C(c1ccccc1)c1cc(Br)cc(Cl)c1O. The monoisotopic (exact) mass is 310 g/mol. The number of hydrogen-bond donors (Lipinski definition) is 1. The fourth-order valence-corrected chi connectivity index (χ4v) is 2.29. The van der Waals surface area contributed by atoms with E-state index in [1.165, 1.54) is 0 Å². The zero-order chi connectivity index (χ0) is 12.4. The maximum atomic E-state index is 12.1. The van der Waals surface area contributed by atoms with Crippen LogP contribution < -0.4 is 0 Å². The molecule has 0 fully saturated rings. The average Bonchev–Trinajstić information content (AvgIpc) is 2.34. The molecular formula is C13H8BrClO2. The van der Waals surface area contributed by atoms with Gasteiger partial charge in [-0.2, -0.15) is 0 Å². The Bertz CT molecular complexity index is 567. The van der Waals surface area contributed by atoms with Crippen LogP contribution in [0.1, 0.15) is 15.9 Å². The van der Waals surface area contributed by atoms with E-state index in [4.69, 9.17) is 11.6 Å². The van der Waals surface area contributed by atoms with Gasteiger partial charge in [-0.25, -0.2) is 0 Å². The van der Waals surface area contributed by atoms with E-state index in [0.29, 0.717) is 10.0 Å². The first-order valence-electron chi connectivity index (χ1n) is 4.87. The lowest BCUT2D eigenvalue weighted by Crippen LogP contribution is -2.01. The summed E-state index contributed by atoms with van der Waals surface area (Å²) in [7, 11) is 0. The Balaban J connectivity index is 2.52. The molecule has 0 aliphatic carbocycles. The summed E-state index contributed by atoms with van der Waals surface area (Å²) in [5.74, 6) is -0.449. The molecule has 1 N–H and O–H groups in total. The minimum absolute atomic E-state index is 0.152. The third kappa shape index (κ3) is 2.51. The second kappa shape index (κ2) is 4.90. The minimum Gasteiger partial charge on any atom is -0.506 e. The molecule has 86 valence electrons. The zero-order valence-electron chi connectivity index (χ0n) is 8.65.